The van der Waals surface area contributed by atoms with Crippen molar-refractivity contribution in [1.82, 2.24) is 19.9 Å². The number of nitrogens with zero attached hydrogens (tertiary/aromatic N) is 4. The molecule has 0 atom stereocenters. The summed E-state index contributed by atoms with van der Waals surface area (Å²) in [5.74, 6) is 0. The van der Waals surface area contributed by atoms with Gasteiger partial charge in [-0.3, -0.25) is 9.97 Å². The first-order valence-corrected chi connectivity index (χ1v) is 17.5. The molecule has 4 aromatic heterocycles. The van der Waals surface area contributed by atoms with Gasteiger partial charge in [0.15, 0.2) is 0 Å². The fourth-order valence-electron chi connectivity index (χ4n) is 6.49. The molecule has 4 nitrogen and oxygen atoms in total. The molecule has 0 aliphatic carbocycles. The van der Waals surface area contributed by atoms with Crippen LogP contribution in [-0.4, -0.2) is 19.9 Å². The summed E-state index contributed by atoms with van der Waals surface area (Å²) in [6, 6.07) is 43.2. The lowest BCUT2D eigenvalue weighted by molar-refractivity contribution is 1.31. The fraction of sp³-hybridized carbons (Fsp3) is 0. The molecule has 226 valence electrons. The number of fused-ring (bicyclic) bond motifs is 2. The summed E-state index contributed by atoms with van der Waals surface area (Å²) >= 11 is 3.18. The molecule has 48 heavy (non-hydrogen) atoms. The van der Waals surface area contributed by atoms with Gasteiger partial charge in [-0.1, -0.05) is 91.0 Å². The van der Waals surface area contributed by atoms with E-state index in [1.807, 2.05) is 23.4 Å². The highest BCUT2D eigenvalue weighted by molar-refractivity contribution is 7.08. The molecule has 0 unspecified atom stereocenters. The standard InChI is InChI=1S/C42H26N4S2/c1-2-6-27(7-3-1)28-10-12-29(13-11-28)30-14-17-35-36(20-30)42(38-19-16-32(22-44-38)40-24-48-26-46-40)34-9-5-4-8-33(34)41(35)37-18-15-31(21-43-37)39-23-47-25-45-39/h1-26H. The summed E-state index contributed by atoms with van der Waals surface area (Å²) in [7, 11) is 0. The third kappa shape index (κ3) is 5.08. The molecule has 0 spiro atoms. The van der Waals surface area contributed by atoms with Crippen LogP contribution in [0.4, 0.5) is 0 Å². The van der Waals surface area contributed by atoms with Crippen LogP contribution in [0.5, 0.6) is 0 Å². The zero-order chi connectivity index (χ0) is 31.9. The van der Waals surface area contributed by atoms with Gasteiger partial charge in [0.05, 0.1) is 33.8 Å². The number of rotatable bonds is 6. The van der Waals surface area contributed by atoms with E-state index in [0.29, 0.717) is 0 Å². The predicted molar refractivity (Wildman–Crippen MR) is 201 cm³/mol. The number of benzene rings is 5. The van der Waals surface area contributed by atoms with Crippen LogP contribution in [0.1, 0.15) is 0 Å². The van der Waals surface area contributed by atoms with Crippen LogP contribution >= 0.6 is 22.7 Å². The third-order valence-corrected chi connectivity index (χ3v) is 10.0. The van der Waals surface area contributed by atoms with Crippen LogP contribution in [0.25, 0.3) is 88.8 Å². The normalized spacial score (nSPS) is 11.3. The molecular weight excluding hydrogens is 625 g/mol. The van der Waals surface area contributed by atoms with E-state index in [4.69, 9.17) is 9.97 Å². The molecule has 0 aliphatic rings. The minimum absolute atomic E-state index is 0.921. The number of thiazole rings is 2. The highest BCUT2D eigenvalue weighted by Crippen LogP contribution is 2.44. The van der Waals surface area contributed by atoms with Crippen molar-refractivity contribution in [2.75, 3.05) is 0 Å². The summed E-state index contributed by atoms with van der Waals surface area (Å²) in [5.41, 5.74) is 16.4. The van der Waals surface area contributed by atoms with E-state index in [1.165, 1.54) is 11.1 Å². The molecule has 0 radical (unpaired) electrons. The second-order valence-corrected chi connectivity index (χ2v) is 13.0. The lowest BCUT2D eigenvalue weighted by atomic mass is 9.87. The molecular formula is C42H26N4S2. The molecule has 0 amide bonds. The van der Waals surface area contributed by atoms with Crippen molar-refractivity contribution in [2.24, 2.45) is 0 Å². The summed E-state index contributed by atoms with van der Waals surface area (Å²) in [6.45, 7) is 0. The minimum Gasteiger partial charge on any atom is -0.256 e. The average molecular weight is 651 g/mol. The van der Waals surface area contributed by atoms with Gasteiger partial charge in [-0.25, -0.2) is 9.97 Å². The molecule has 4 heterocycles. The van der Waals surface area contributed by atoms with Gasteiger partial charge in [0.2, 0.25) is 0 Å². The molecule has 6 heteroatoms. The smallest absolute Gasteiger partial charge is 0.0826 e. The van der Waals surface area contributed by atoms with Gasteiger partial charge in [-0.05, 0) is 74.1 Å². The second-order valence-electron chi connectivity index (χ2n) is 11.6. The van der Waals surface area contributed by atoms with E-state index in [1.54, 1.807) is 22.7 Å². The fourth-order valence-corrected chi connectivity index (χ4v) is 7.61. The molecule has 9 rings (SSSR count). The van der Waals surface area contributed by atoms with E-state index in [-0.39, 0.29) is 0 Å². The molecule has 5 aromatic carbocycles. The van der Waals surface area contributed by atoms with Crippen LogP contribution in [0.15, 0.2) is 156 Å². The monoisotopic (exact) mass is 650 g/mol. The number of hydrogen-bond donors (Lipinski definition) is 0. The zero-order valence-electron chi connectivity index (χ0n) is 25.6. The summed E-state index contributed by atoms with van der Waals surface area (Å²) in [4.78, 5) is 19.0. The van der Waals surface area contributed by atoms with Gasteiger partial charge in [0.25, 0.3) is 0 Å². The van der Waals surface area contributed by atoms with Crippen molar-refractivity contribution < 1.29 is 0 Å². The van der Waals surface area contributed by atoms with Crippen LogP contribution in [-0.2, 0) is 0 Å². The van der Waals surface area contributed by atoms with Gasteiger partial charge in [-0.15, -0.1) is 22.7 Å². The van der Waals surface area contributed by atoms with Gasteiger partial charge in [0, 0.05) is 45.4 Å². The SMILES string of the molecule is c1ccc(-c2ccc(-c3ccc4c(-c5ccc(-c6cscn6)cn5)c5ccccc5c(-c5ccc(-c6cscn6)cn5)c4c3)cc2)cc1. The quantitative estimate of drug-likeness (QED) is 0.168. The van der Waals surface area contributed by atoms with E-state index >= 15 is 0 Å². The summed E-state index contributed by atoms with van der Waals surface area (Å²) in [6.07, 6.45) is 3.87. The maximum absolute atomic E-state index is 5.04. The van der Waals surface area contributed by atoms with Crippen molar-refractivity contribution in [3.8, 4) is 67.3 Å². The van der Waals surface area contributed by atoms with Gasteiger partial charge in [-0.2, -0.15) is 0 Å². The Bertz CT molecular complexity index is 2510. The average Bonchev–Trinajstić information content (AvgIpc) is 3.91. The van der Waals surface area contributed by atoms with Crippen LogP contribution in [0.3, 0.4) is 0 Å². The zero-order valence-corrected chi connectivity index (χ0v) is 27.2. The largest absolute Gasteiger partial charge is 0.256 e. The van der Waals surface area contributed by atoms with Crippen molar-refractivity contribution in [3.05, 3.63) is 156 Å². The predicted octanol–water partition coefficient (Wildman–Crippen LogP) is 11.7. The van der Waals surface area contributed by atoms with Crippen LogP contribution in [0, 0.1) is 0 Å². The first-order chi connectivity index (χ1) is 23.8. The van der Waals surface area contributed by atoms with E-state index in [2.05, 4.69) is 142 Å². The molecule has 0 aliphatic heterocycles. The molecule has 0 fully saturated rings. The second kappa shape index (κ2) is 12.1. The Morgan fingerprint density at radius 1 is 0.333 bits per heavy atom. The first-order valence-electron chi connectivity index (χ1n) is 15.6. The highest BCUT2D eigenvalue weighted by Gasteiger charge is 2.19. The number of pyridine rings is 2. The Hall–Kier alpha value is -5.82. The maximum Gasteiger partial charge on any atom is 0.0826 e. The number of aromatic nitrogens is 4. The first kappa shape index (κ1) is 28.4. The van der Waals surface area contributed by atoms with Crippen molar-refractivity contribution in [3.63, 3.8) is 0 Å². The maximum atomic E-state index is 5.04. The highest BCUT2D eigenvalue weighted by atomic mass is 32.1. The Balaban J connectivity index is 1.26. The van der Waals surface area contributed by atoms with Crippen molar-refractivity contribution in [1.29, 1.82) is 0 Å². The topological polar surface area (TPSA) is 51.6 Å². The Labute approximate surface area is 285 Å². The lowest BCUT2D eigenvalue weighted by Gasteiger charge is -2.18. The molecule has 0 saturated heterocycles. The van der Waals surface area contributed by atoms with Crippen molar-refractivity contribution >= 4 is 44.2 Å². The van der Waals surface area contributed by atoms with E-state index in [9.17, 15) is 0 Å². The summed E-state index contributed by atoms with van der Waals surface area (Å²) in [5, 5.41) is 8.64. The Morgan fingerprint density at radius 2 is 0.792 bits per heavy atom. The minimum atomic E-state index is 0.921. The van der Waals surface area contributed by atoms with Gasteiger partial charge >= 0.3 is 0 Å². The van der Waals surface area contributed by atoms with E-state index in [0.717, 1.165) is 77.7 Å². The number of hydrogen-bond acceptors (Lipinski definition) is 6. The van der Waals surface area contributed by atoms with Gasteiger partial charge in [0.1, 0.15) is 0 Å². The van der Waals surface area contributed by atoms with Crippen LogP contribution < -0.4 is 0 Å². The molecule has 0 bridgehead atoms. The van der Waals surface area contributed by atoms with Gasteiger partial charge < -0.3 is 0 Å². The molecule has 0 saturated carbocycles. The van der Waals surface area contributed by atoms with Crippen LogP contribution in [0.2, 0.25) is 0 Å². The Morgan fingerprint density at radius 3 is 1.31 bits per heavy atom. The third-order valence-electron chi connectivity index (χ3n) is 8.84. The van der Waals surface area contributed by atoms with E-state index < -0.39 is 0 Å². The lowest BCUT2D eigenvalue weighted by Crippen LogP contribution is -1.95. The molecule has 9 aromatic rings. The van der Waals surface area contributed by atoms with Crippen molar-refractivity contribution in [2.45, 2.75) is 0 Å². The molecule has 0 N–H and O–H groups in total. The summed E-state index contributed by atoms with van der Waals surface area (Å²) < 4.78 is 0. The Kier molecular flexibility index (Phi) is 7.15.